The average molecular weight is 488 g/mol. The molecule has 5 rings (SSSR count). The molecule has 0 saturated carbocycles. The number of hydrogen-bond acceptors (Lipinski definition) is 7. The van der Waals surface area contributed by atoms with Crippen molar-refractivity contribution in [1.82, 2.24) is 30.0 Å². The first-order chi connectivity index (χ1) is 16.8. The summed E-state index contributed by atoms with van der Waals surface area (Å²) < 4.78 is 61.8. The molecule has 3 heterocycles. The van der Waals surface area contributed by atoms with E-state index in [1.165, 1.54) is 52.4 Å². The lowest BCUT2D eigenvalue weighted by molar-refractivity contribution is -0.274. The van der Waals surface area contributed by atoms with Crippen molar-refractivity contribution in [3.63, 3.8) is 0 Å². The molecular weight excluding hydrogens is 472 g/mol. The Bertz CT molecular complexity index is 1360. The highest BCUT2D eigenvalue weighted by atomic mass is 19.4. The lowest BCUT2D eigenvalue weighted by Crippen LogP contribution is -2.31. The van der Waals surface area contributed by atoms with Gasteiger partial charge in [-0.25, -0.2) is 4.39 Å². The Morgan fingerprint density at radius 2 is 1.89 bits per heavy atom. The van der Waals surface area contributed by atoms with Crippen LogP contribution in [0.3, 0.4) is 0 Å². The van der Waals surface area contributed by atoms with Crippen LogP contribution in [0.25, 0.3) is 17.1 Å². The fourth-order valence-corrected chi connectivity index (χ4v) is 3.96. The molecule has 1 unspecified atom stereocenters. The van der Waals surface area contributed by atoms with Crippen molar-refractivity contribution in [3.8, 4) is 22.8 Å². The first-order valence-electron chi connectivity index (χ1n) is 10.5. The van der Waals surface area contributed by atoms with Gasteiger partial charge in [0.2, 0.25) is 11.7 Å². The highest BCUT2D eigenvalue weighted by Crippen LogP contribution is 2.36. The van der Waals surface area contributed by atoms with Gasteiger partial charge < -0.3 is 14.2 Å². The van der Waals surface area contributed by atoms with Gasteiger partial charge >= 0.3 is 6.36 Å². The molecule has 9 nitrogen and oxygen atoms in total. The summed E-state index contributed by atoms with van der Waals surface area (Å²) in [4.78, 5) is 20.4. The number of rotatable bonds is 5. The quantitative estimate of drug-likeness (QED) is 0.386. The number of carbonyl (C=O) groups is 1. The van der Waals surface area contributed by atoms with Gasteiger partial charge in [-0.15, -0.1) is 13.2 Å². The summed E-state index contributed by atoms with van der Waals surface area (Å²) in [6.07, 6.45) is -0.970. The smallest absolute Gasteiger partial charge is 0.405 e. The van der Waals surface area contributed by atoms with Crippen molar-refractivity contribution in [2.45, 2.75) is 25.2 Å². The van der Waals surface area contributed by atoms with Crippen molar-refractivity contribution >= 4 is 5.91 Å². The number of benzene rings is 2. The number of alkyl halides is 3. The Labute approximate surface area is 194 Å². The third-order valence-corrected chi connectivity index (χ3v) is 5.42. The molecule has 1 aliphatic heterocycles. The van der Waals surface area contributed by atoms with Gasteiger partial charge in [0.05, 0.1) is 29.2 Å². The van der Waals surface area contributed by atoms with Gasteiger partial charge in [-0.1, -0.05) is 17.3 Å². The molecule has 0 spiro atoms. The second-order valence-electron chi connectivity index (χ2n) is 7.64. The number of halogens is 4. The summed E-state index contributed by atoms with van der Waals surface area (Å²) in [5.41, 5.74) is 0.307. The number of nitrogens with zero attached hydrogens (tertiary/aromatic N) is 6. The molecule has 1 saturated heterocycles. The van der Waals surface area contributed by atoms with E-state index in [1.807, 2.05) is 0 Å². The van der Waals surface area contributed by atoms with Crippen LogP contribution in [0.4, 0.5) is 17.6 Å². The Morgan fingerprint density at radius 3 is 2.66 bits per heavy atom. The lowest BCUT2D eigenvalue weighted by Gasteiger charge is -2.23. The SMILES string of the molecule is O=C(c1cc(F)ccc1-n1nccn1)N1CCCC1c1nc(-c2ccccc2OC(F)(F)F)no1. The van der Waals surface area contributed by atoms with E-state index in [9.17, 15) is 22.4 Å². The molecule has 35 heavy (non-hydrogen) atoms. The molecular formula is C22H16F4N6O3. The van der Waals surface area contributed by atoms with Crippen molar-refractivity contribution in [1.29, 1.82) is 0 Å². The van der Waals surface area contributed by atoms with Crippen LogP contribution in [0, 0.1) is 5.82 Å². The first-order valence-corrected chi connectivity index (χ1v) is 10.5. The predicted octanol–water partition coefficient (Wildman–Crippen LogP) is 4.33. The maximum absolute atomic E-state index is 14.0. The van der Waals surface area contributed by atoms with Gasteiger partial charge in [0, 0.05) is 6.54 Å². The van der Waals surface area contributed by atoms with Crippen LogP contribution in [0.1, 0.15) is 35.1 Å². The Kier molecular flexibility index (Phi) is 5.67. The summed E-state index contributed by atoms with van der Waals surface area (Å²) in [6, 6.07) is 8.43. The molecule has 1 aliphatic rings. The molecule has 1 amide bonds. The van der Waals surface area contributed by atoms with Gasteiger partial charge in [-0.05, 0) is 43.2 Å². The third-order valence-electron chi connectivity index (χ3n) is 5.42. The van der Waals surface area contributed by atoms with Crippen LogP contribution in [-0.4, -0.2) is 48.8 Å². The van der Waals surface area contributed by atoms with Gasteiger partial charge in [0.15, 0.2) is 0 Å². The van der Waals surface area contributed by atoms with E-state index >= 15 is 0 Å². The Balaban J connectivity index is 1.45. The number of carbonyl (C=O) groups excluding carboxylic acids is 1. The largest absolute Gasteiger partial charge is 0.573 e. The predicted molar refractivity (Wildman–Crippen MR) is 111 cm³/mol. The zero-order valence-electron chi connectivity index (χ0n) is 17.8. The number of para-hydroxylation sites is 1. The van der Waals surface area contributed by atoms with Crippen molar-refractivity contribution in [2.24, 2.45) is 0 Å². The van der Waals surface area contributed by atoms with Crippen LogP contribution < -0.4 is 4.74 Å². The van der Waals surface area contributed by atoms with Gasteiger partial charge in [0.1, 0.15) is 17.6 Å². The van der Waals surface area contributed by atoms with Gasteiger partial charge in [-0.3, -0.25) is 4.79 Å². The Morgan fingerprint density at radius 1 is 1.11 bits per heavy atom. The lowest BCUT2D eigenvalue weighted by atomic mass is 10.1. The van der Waals surface area contributed by atoms with Crippen LogP contribution >= 0.6 is 0 Å². The van der Waals surface area contributed by atoms with E-state index in [0.29, 0.717) is 19.4 Å². The minimum atomic E-state index is -4.90. The van der Waals surface area contributed by atoms with Crippen LogP contribution in [0.15, 0.2) is 59.4 Å². The minimum absolute atomic E-state index is 0.0205. The standard InChI is InChI=1S/C22H16F4N6O3/c23-13-7-8-16(32-27-9-10-28-32)15(12-13)21(33)31-11-3-5-17(31)20-29-19(30-35-20)14-4-1-2-6-18(14)34-22(24,25)26/h1-2,4,6-10,12,17H,3,5,11H2. The highest BCUT2D eigenvalue weighted by molar-refractivity contribution is 5.98. The molecule has 2 aromatic carbocycles. The van der Waals surface area contributed by atoms with Crippen LogP contribution in [0.5, 0.6) is 5.75 Å². The summed E-state index contributed by atoms with van der Waals surface area (Å²) in [5, 5.41) is 11.8. The summed E-state index contributed by atoms with van der Waals surface area (Å²) in [5.74, 6) is -1.67. The van der Waals surface area contributed by atoms with E-state index in [4.69, 9.17) is 4.52 Å². The normalized spacial score (nSPS) is 16.0. The van der Waals surface area contributed by atoms with Gasteiger partial charge in [-0.2, -0.15) is 20.0 Å². The van der Waals surface area contributed by atoms with E-state index in [0.717, 1.165) is 12.1 Å². The van der Waals surface area contributed by atoms with E-state index in [-0.39, 0.29) is 28.5 Å². The molecule has 2 aromatic heterocycles. The number of amides is 1. The fourth-order valence-electron chi connectivity index (χ4n) is 3.96. The highest BCUT2D eigenvalue weighted by Gasteiger charge is 2.37. The van der Waals surface area contributed by atoms with Crippen molar-refractivity contribution in [3.05, 3.63) is 72.1 Å². The number of hydrogen-bond donors (Lipinski definition) is 0. The van der Waals surface area contributed by atoms with Crippen molar-refractivity contribution in [2.75, 3.05) is 6.54 Å². The number of aromatic nitrogens is 5. The van der Waals surface area contributed by atoms with Gasteiger partial charge in [0.25, 0.3) is 5.91 Å². The molecule has 180 valence electrons. The average Bonchev–Trinajstić information content (AvgIpc) is 3.59. The third kappa shape index (κ3) is 4.56. The monoisotopic (exact) mass is 488 g/mol. The fraction of sp³-hybridized carbons (Fsp3) is 0.227. The number of likely N-dealkylation sites (tertiary alicyclic amines) is 1. The second kappa shape index (κ2) is 8.81. The second-order valence-corrected chi connectivity index (χ2v) is 7.64. The molecule has 13 heteroatoms. The molecule has 0 radical (unpaired) electrons. The van der Waals surface area contributed by atoms with E-state index < -0.39 is 29.9 Å². The summed E-state index contributed by atoms with van der Waals surface area (Å²) in [7, 11) is 0. The zero-order chi connectivity index (χ0) is 24.6. The summed E-state index contributed by atoms with van der Waals surface area (Å²) in [6.45, 7) is 0.331. The first kappa shape index (κ1) is 22.5. The number of ether oxygens (including phenoxy) is 1. The molecule has 1 atom stereocenters. The maximum atomic E-state index is 14.0. The molecule has 0 N–H and O–H groups in total. The van der Waals surface area contributed by atoms with Crippen LogP contribution in [-0.2, 0) is 0 Å². The maximum Gasteiger partial charge on any atom is 0.573 e. The summed E-state index contributed by atoms with van der Waals surface area (Å²) >= 11 is 0. The molecule has 0 aliphatic carbocycles. The molecule has 0 bridgehead atoms. The molecule has 4 aromatic rings. The van der Waals surface area contributed by atoms with E-state index in [1.54, 1.807) is 0 Å². The molecule has 1 fully saturated rings. The van der Waals surface area contributed by atoms with E-state index in [2.05, 4.69) is 25.1 Å². The topological polar surface area (TPSA) is 99.2 Å². The Hall–Kier alpha value is -4.29. The van der Waals surface area contributed by atoms with Crippen molar-refractivity contribution < 1.29 is 31.6 Å². The minimum Gasteiger partial charge on any atom is -0.405 e. The van der Waals surface area contributed by atoms with Crippen LogP contribution in [0.2, 0.25) is 0 Å². The zero-order valence-corrected chi connectivity index (χ0v) is 17.8.